The molecule has 3 rings (SSSR count). The van der Waals surface area contributed by atoms with Crippen molar-refractivity contribution in [3.63, 3.8) is 0 Å². The summed E-state index contributed by atoms with van der Waals surface area (Å²) in [5.41, 5.74) is 2.22. The van der Waals surface area contributed by atoms with Crippen molar-refractivity contribution in [2.45, 2.75) is 32.7 Å². The number of Topliss-reactive ketones (excluding diaryl/α,β-unsaturated/α-hetero) is 1. The van der Waals surface area contributed by atoms with Crippen LogP contribution in [0.1, 0.15) is 35.7 Å². The molecule has 0 saturated heterocycles. The van der Waals surface area contributed by atoms with E-state index in [0.717, 1.165) is 16.5 Å². The van der Waals surface area contributed by atoms with Crippen LogP contribution in [0.15, 0.2) is 48.7 Å². The molecule has 6 heteroatoms. The van der Waals surface area contributed by atoms with Gasteiger partial charge in [0.1, 0.15) is 0 Å². The molecule has 0 saturated carbocycles. The van der Waals surface area contributed by atoms with Gasteiger partial charge < -0.3 is 19.5 Å². The number of aryl methyl sites for hydroxylation is 1. The minimum atomic E-state index is -0.313. The summed E-state index contributed by atoms with van der Waals surface area (Å²) in [6.45, 7) is 2.81. The molecule has 0 spiro atoms. The van der Waals surface area contributed by atoms with Crippen molar-refractivity contribution < 1.29 is 24.5 Å². The fraction of sp³-hybridized carbons (Fsp3) is 0.273. The zero-order valence-corrected chi connectivity index (χ0v) is 15.7. The minimum Gasteiger partial charge on any atom is -0.504 e. The molecule has 0 aliphatic carbocycles. The molecule has 146 valence electrons. The van der Waals surface area contributed by atoms with Crippen molar-refractivity contribution >= 4 is 22.7 Å². The number of carbonyl (C=O) groups is 2. The van der Waals surface area contributed by atoms with E-state index in [1.165, 1.54) is 18.2 Å². The zero-order chi connectivity index (χ0) is 20.1. The second-order valence-corrected chi connectivity index (χ2v) is 6.58. The van der Waals surface area contributed by atoms with Crippen molar-refractivity contribution in [3.8, 4) is 11.5 Å². The van der Waals surface area contributed by atoms with E-state index in [4.69, 9.17) is 4.74 Å². The highest BCUT2D eigenvalue weighted by Crippen LogP contribution is 2.27. The largest absolute Gasteiger partial charge is 0.504 e. The molecule has 0 aliphatic rings. The lowest BCUT2D eigenvalue weighted by Crippen LogP contribution is -2.06. The van der Waals surface area contributed by atoms with Crippen LogP contribution in [0.25, 0.3) is 10.9 Å². The summed E-state index contributed by atoms with van der Waals surface area (Å²) < 4.78 is 7.01. The Morgan fingerprint density at radius 2 is 1.86 bits per heavy atom. The SMILES string of the molecule is CCOC(=O)CCCn1cc(CC(=O)c2ccc(O)c(O)c2)c2ccccc21. The molecule has 0 atom stereocenters. The van der Waals surface area contributed by atoms with Crippen LogP contribution < -0.4 is 0 Å². The molecular formula is C22H23NO5. The average molecular weight is 381 g/mol. The van der Waals surface area contributed by atoms with Crippen molar-refractivity contribution in [1.82, 2.24) is 4.57 Å². The second kappa shape index (κ2) is 8.61. The lowest BCUT2D eigenvalue weighted by molar-refractivity contribution is -0.143. The lowest BCUT2D eigenvalue weighted by Gasteiger charge is -2.05. The van der Waals surface area contributed by atoms with Gasteiger partial charge in [-0.15, -0.1) is 0 Å². The molecule has 6 nitrogen and oxygen atoms in total. The molecule has 2 aromatic carbocycles. The molecule has 2 N–H and O–H groups in total. The van der Waals surface area contributed by atoms with Crippen molar-refractivity contribution in [2.75, 3.05) is 6.61 Å². The summed E-state index contributed by atoms with van der Waals surface area (Å²) in [6, 6.07) is 11.9. The average Bonchev–Trinajstić information content (AvgIpc) is 3.02. The number of ketones is 1. The number of para-hydroxylation sites is 1. The Labute approximate surface area is 163 Å². The molecule has 28 heavy (non-hydrogen) atoms. The van der Waals surface area contributed by atoms with Crippen LogP contribution in [0.3, 0.4) is 0 Å². The number of hydrogen-bond acceptors (Lipinski definition) is 5. The predicted octanol–water partition coefficient (Wildman–Crippen LogP) is 3.82. The standard InChI is InChI=1S/C22H23NO5/c1-2-28-22(27)8-5-11-23-14-16(17-6-3-4-7-18(17)23)13-20(25)15-9-10-19(24)21(26)12-15/h3-4,6-7,9-10,12,14,24,26H,2,5,8,11,13H2,1H3. The first-order valence-electron chi connectivity index (χ1n) is 9.27. The third-order valence-electron chi connectivity index (χ3n) is 4.60. The van der Waals surface area contributed by atoms with E-state index in [1.807, 2.05) is 35.0 Å². The third-order valence-corrected chi connectivity index (χ3v) is 4.60. The van der Waals surface area contributed by atoms with Crippen LogP contribution in [0.2, 0.25) is 0 Å². The van der Waals surface area contributed by atoms with Gasteiger partial charge in [-0.1, -0.05) is 18.2 Å². The van der Waals surface area contributed by atoms with Crippen LogP contribution in [0.5, 0.6) is 11.5 Å². The van der Waals surface area contributed by atoms with E-state index in [-0.39, 0.29) is 29.7 Å². The van der Waals surface area contributed by atoms with Gasteiger partial charge in [-0.2, -0.15) is 0 Å². The van der Waals surface area contributed by atoms with Crippen LogP contribution in [0, 0.1) is 0 Å². The number of rotatable bonds is 8. The smallest absolute Gasteiger partial charge is 0.305 e. The molecule has 0 bridgehead atoms. The Hall–Kier alpha value is -3.28. The summed E-state index contributed by atoms with van der Waals surface area (Å²) >= 11 is 0. The molecule has 0 unspecified atom stereocenters. The predicted molar refractivity (Wildman–Crippen MR) is 106 cm³/mol. The molecule has 1 aromatic heterocycles. The van der Waals surface area contributed by atoms with Gasteiger partial charge in [0.05, 0.1) is 6.61 Å². The maximum atomic E-state index is 12.6. The van der Waals surface area contributed by atoms with Gasteiger partial charge in [0.25, 0.3) is 0 Å². The molecule has 0 radical (unpaired) electrons. The number of aromatic hydroxyl groups is 2. The number of nitrogens with zero attached hydrogens (tertiary/aromatic N) is 1. The quantitative estimate of drug-likeness (QED) is 0.352. The first-order valence-corrected chi connectivity index (χ1v) is 9.27. The fourth-order valence-corrected chi connectivity index (χ4v) is 3.25. The minimum absolute atomic E-state index is 0.148. The number of phenolic OH excluding ortho intramolecular Hbond substituents is 2. The highest BCUT2D eigenvalue weighted by atomic mass is 16.5. The van der Waals surface area contributed by atoms with Crippen molar-refractivity contribution in [1.29, 1.82) is 0 Å². The van der Waals surface area contributed by atoms with Crippen LogP contribution in [-0.2, 0) is 22.5 Å². The number of hydrogen-bond donors (Lipinski definition) is 2. The zero-order valence-electron chi connectivity index (χ0n) is 15.7. The highest BCUT2D eigenvalue weighted by molar-refractivity contribution is 6.00. The summed E-state index contributed by atoms with van der Waals surface area (Å²) in [5.74, 6) is -0.923. The first kappa shape index (κ1) is 19.5. The van der Waals surface area contributed by atoms with E-state index in [0.29, 0.717) is 31.6 Å². The molecule has 0 fully saturated rings. The molecule has 0 amide bonds. The number of ether oxygens (including phenoxy) is 1. The van der Waals surface area contributed by atoms with E-state index < -0.39 is 0 Å². The number of esters is 1. The summed E-state index contributed by atoms with van der Waals surface area (Å²) in [7, 11) is 0. The Morgan fingerprint density at radius 3 is 2.61 bits per heavy atom. The maximum absolute atomic E-state index is 12.6. The Balaban J connectivity index is 1.78. The second-order valence-electron chi connectivity index (χ2n) is 6.58. The van der Waals surface area contributed by atoms with Gasteiger partial charge in [-0.25, -0.2) is 0 Å². The topological polar surface area (TPSA) is 88.8 Å². The molecule has 3 aromatic rings. The Bertz CT molecular complexity index is 1010. The number of carbonyl (C=O) groups excluding carboxylic acids is 2. The summed E-state index contributed by atoms with van der Waals surface area (Å²) in [4.78, 5) is 24.2. The fourth-order valence-electron chi connectivity index (χ4n) is 3.25. The molecule has 1 heterocycles. The van der Waals surface area contributed by atoms with Gasteiger partial charge in [-0.05, 0) is 43.2 Å². The van der Waals surface area contributed by atoms with Crippen LogP contribution in [0.4, 0.5) is 0 Å². The van der Waals surface area contributed by atoms with Gasteiger partial charge in [0, 0.05) is 42.0 Å². The van der Waals surface area contributed by atoms with E-state index in [9.17, 15) is 19.8 Å². The van der Waals surface area contributed by atoms with Crippen LogP contribution >= 0.6 is 0 Å². The van der Waals surface area contributed by atoms with E-state index in [1.54, 1.807) is 6.92 Å². The number of fused-ring (bicyclic) bond motifs is 1. The van der Waals surface area contributed by atoms with Gasteiger partial charge in [0.15, 0.2) is 17.3 Å². The normalized spacial score (nSPS) is 10.9. The van der Waals surface area contributed by atoms with Crippen molar-refractivity contribution in [2.24, 2.45) is 0 Å². The summed E-state index contributed by atoms with van der Waals surface area (Å²) in [5, 5.41) is 20.0. The highest BCUT2D eigenvalue weighted by Gasteiger charge is 2.15. The van der Waals surface area contributed by atoms with Gasteiger partial charge >= 0.3 is 5.97 Å². The van der Waals surface area contributed by atoms with Crippen molar-refractivity contribution in [3.05, 3.63) is 59.8 Å². The van der Waals surface area contributed by atoms with Crippen LogP contribution in [-0.4, -0.2) is 33.1 Å². The number of benzene rings is 2. The Kier molecular flexibility index (Phi) is 5.99. The Morgan fingerprint density at radius 1 is 1.07 bits per heavy atom. The summed E-state index contributed by atoms with van der Waals surface area (Å²) in [6.07, 6.45) is 3.11. The van der Waals surface area contributed by atoms with Gasteiger partial charge in [0.2, 0.25) is 0 Å². The third kappa shape index (κ3) is 4.34. The monoisotopic (exact) mass is 381 g/mol. The maximum Gasteiger partial charge on any atom is 0.305 e. The number of aromatic nitrogens is 1. The molecular weight excluding hydrogens is 358 g/mol. The van der Waals surface area contributed by atoms with E-state index >= 15 is 0 Å². The lowest BCUT2D eigenvalue weighted by atomic mass is 10.0. The number of phenols is 2. The first-order chi connectivity index (χ1) is 13.5. The van der Waals surface area contributed by atoms with E-state index in [2.05, 4.69) is 0 Å². The molecule has 0 aliphatic heterocycles. The van der Waals surface area contributed by atoms with Gasteiger partial charge in [-0.3, -0.25) is 9.59 Å².